The van der Waals surface area contributed by atoms with Gasteiger partial charge in [0.05, 0.1) is 45.1 Å². The number of aromatic nitrogens is 2. The fourth-order valence-electron chi connectivity index (χ4n) is 8.33. The second kappa shape index (κ2) is 12.9. The van der Waals surface area contributed by atoms with Crippen LogP contribution in [0.5, 0.6) is 0 Å². The summed E-state index contributed by atoms with van der Waals surface area (Å²) in [6.07, 6.45) is -4.82. The van der Waals surface area contributed by atoms with Crippen molar-refractivity contribution >= 4 is 43.6 Å². The molecule has 0 unspecified atom stereocenters. The maximum absolute atomic E-state index is 16.5. The number of nitrogens with zero attached hydrogens (tertiary/aromatic N) is 3. The molecule has 6 heteroatoms. The largest absolute Gasteiger partial charge is 0.420 e. The quantitative estimate of drug-likeness (QED) is 0.174. The first kappa shape index (κ1) is 33.2. The predicted molar refractivity (Wildman–Crippen MR) is 221 cm³/mol. The van der Waals surface area contributed by atoms with Gasteiger partial charge in [0.15, 0.2) is 0 Å². The van der Waals surface area contributed by atoms with Gasteiger partial charge in [0.2, 0.25) is 0 Å². The summed E-state index contributed by atoms with van der Waals surface area (Å²) < 4.78 is 53.2. The van der Waals surface area contributed by atoms with Crippen LogP contribution in [0.1, 0.15) is 11.1 Å². The fraction of sp³-hybridized carbons (Fsp3) is 0.0200. The smallest absolute Gasteiger partial charge is 0.309 e. The Bertz CT molecular complexity index is 3180. The molecule has 10 rings (SSSR count). The fourth-order valence-corrected chi connectivity index (χ4v) is 8.33. The van der Waals surface area contributed by atoms with E-state index in [1.165, 1.54) is 0 Å². The Morgan fingerprint density at radius 1 is 0.411 bits per heavy atom. The highest BCUT2D eigenvalue weighted by Gasteiger charge is 2.40. The van der Waals surface area contributed by atoms with Gasteiger partial charge in [0, 0.05) is 27.1 Å². The summed E-state index contributed by atoms with van der Waals surface area (Å²) in [6.45, 7) is 0. The molecule has 0 saturated carbocycles. The Morgan fingerprint density at radius 3 is 1.48 bits per heavy atom. The number of hydrogen-bond acceptors (Lipinski definition) is 1. The average Bonchev–Trinajstić information content (AvgIpc) is 3.75. The van der Waals surface area contributed by atoms with E-state index in [0.29, 0.717) is 38.8 Å². The van der Waals surface area contributed by atoms with Crippen molar-refractivity contribution in [3.05, 3.63) is 193 Å². The number of alkyl halides is 3. The van der Waals surface area contributed by atoms with Crippen molar-refractivity contribution < 1.29 is 13.2 Å². The molecule has 0 spiro atoms. The number of nitriles is 1. The zero-order valence-electron chi connectivity index (χ0n) is 29.8. The van der Waals surface area contributed by atoms with Gasteiger partial charge in [-0.05, 0) is 70.3 Å². The lowest BCUT2D eigenvalue weighted by Crippen LogP contribution is -2.17. The molecule has 2 heterocycles. The summed E-state index contributed by atoms with van der Waals surface area (Å²) in [4.78, 5) is 0. The maximum Gasteiger partial charge on any atom is 0.420 e. The highest BCUT2D eigenvalue weighted by Crippen LogP contribution is 2.48. The van der Waals surface area contributed by atoms with E-state index in [1.54, 1.807) is 45.5 Å². The normalized spacial score (nSPS) is 11.8. The van der Waals surface area contributed by atoms with E-state index in [4.69, 9.17) is 0 Å². The molecule has 0 radical (unpaired) electrons. The van der Waals surface area contributed by atoms with E-state index >= 15 is 13.2 Å². The molecular formula is C50H30F3N3. The summed E-state index contributed by atoms with van der Waals surface area (Å²) in [5.41, 5.74) is 6.76. The summed E-state index contributed by atoms with van der Waals surface area (Å²) in [5, 5.41) is 13.3. The van der Waals surface area contributed by atoms with Crippen molar-refractivity contribution in [1.29, 1.82) is 5.26 Å². The first-order valence-electron chi connectivity index (χ1n) is 18.3. The van der Waals surface area contributed by atoms with Crippen LogP contribution in [0.25, 0.3) is 88.4 Å². The van der Waals surface area contributed by atoms with Gasteiger partial charge in [0.1, 0.15) is 5.56 Å². The van der Waals surface area contributed by atoms with Crippen molar-refractivity contribution in [2.75, 3.05) is 0 Å². The third kappa shape index (κ3) is 5.28. The Hall–Kier alpha value is -7.36. The maximum atomic E-state index is 16.5. The molecule has 0 aliphatic carbocycles. The van der Waals surface area contributed by atoms with Gasteiger partial charge in [-0.1, -0.05) is 140 Å². The van der Waals surface area contributed by atoms with Gasteiger partial charge in [-0.2, -0.15) is 18.4 Å². The number of halogens is 3. The highest BCUT2D eigenvalue weighted by molar-refractivity contribution is 6.12. The van der Waals surface area contributed by atoms with E-state index in [-0.39, 0.29) is 11.4 Å². The van der Waals surface area contributed by atoms with Crippen LogP contribution in [0.15, 0.2) is 182 Å². The lowest BCUT2D eigenvalue weighted by Gasteiger charge is -2.24. The van der Waals surface area contributed by atoms with Crippen molar-refractivity contribution in [3.63, 3.8) is 0 Å². The minimum absolute atomic E-state index is 0.00773. The molecule has 0 atom stereocenters. The van der Waals surface area contributed by atoms with Gasteiger partial charge < -0.3 is 9.13 Å². The minimum atomic E-state index is -4.82. The third-order valence-corrected chi connectivity index (χ3v) is 10.8. The molecule has 8 aromatic carbocycles. The highest BCUT2D eigenvalue weighted by atomic mass is 19.4. The van der Waals surface area contributed by atoms with Crippen LogP contribution in [0.4, 0.5) is 13.2 Å². The topological polar surface area (TPSA) is 33.6 Å². The van der Waals surface area contributed by atoms with E-state index in [0.717, 1.165) is 43.8 Å². The number of para-hydroxylation sites is 2. The summed E-state index contributed by atoms with van der Waals surface area (Å²) in [6, 6.07) is 59.4. The molecule has 0 saturated heterocycles. The van der Waals surface area contributed by atoms with Crippen molar-refractivity contribution in [1.82, 2.24) is 9.13 Å². The number of rotatable bonds is 5. The Morgan fingerprint density at radius 2 is 0.911 bits per heavy atom. The van der Waals surface area contributed by atoms with Gasteiger partial charge >= 0.3 is 6.18 Å². The van der Waals surface area contributed by atoms with Crippen molar-refractivity contribution in [3.8, 4) is 50.8 Å². The van der Waals surface area contributed by atoms with E-state index in [1.807, 2.05) is 146 Å². The first-order valence-corrected chi connectivity index (χ1v) is 18.3. The number of hydrogen-bond donors (Lipinski definition) is 0. The number of benzene rings is 8. The molecule has 2 aromatic heterocycles. The van der Waals surface area contributed by atoms with Crippen LogP contribution in [0.3, 0.4) is 0 Å². The van der Waals surface area contributed by atoms with Gasteiger partial charge in [-0.25, -0.2) is 0 Å². The SMILES string of the molecule is N#Cc1cccc(-c2ccc(-n3c4ccccc4c4ccc(-c5ccccc5)cc43)c(C(F)(F)F)c2-n2c3ccccc3c3ccc(-c4ccccc4)cc32)c1. The lowest BCUT2D eigenvalue weighted by molar-refractivity contribution is -0.137. The third-order valence-electron chi connectivity index (χ3n) is 10.8. The molecule has 0 N–H and O–H groups in total. The molecule has 0 aliphatic heterocycles. The van der Waals surface area contributed by atoms with Crippen molar-refractivity contribution in [2.24, 2.45) is 0 Å². The second-order valence-electron chi connectivity index (χ2n) is 13.9. The van der Waals surface area contributed by atoms with Gasteiger partial charge in [-0.15, -0.1) is 0 Å². The monoisotopic (exact) mass is 729 g/mol. The van der Waals surface area contributed by atoms with Crippen LogP contribution in [-0.4, -0.2) is 9.13 Å². The molecule has 56 heavy (non-hydrogen) atoms. The zero-order chi connectivity index (χ0) is 38.0. The van der Waals surface area contributed by atoms with Crippen LogP contribution in [-0.2, 0) is 6.18 Å². The van der Waals surface area contributed by atoms with Gasteiger partial charge in [0.25, 0.3) is 0 Å². The summed E-state index contributed by atoms with van der Waals surface area (Å²) in [5.74, 6) is 0. The predicted octanol–water partition coefficient (Wildman–Crippen LogP) is 13.8. The Labute approximate surface area is 320 Å². The van der Waals surface area contributed by atoms with E-state index in [2.05, 4.69) is 6.07 Å². The van der Waals surface area contributed by atoms with Gasteiger partial charge in [-0.3, -0.25) is 0 Å². The van der Waals surface area contributed by atoms with Crippen LogP contribution in [0.2, 0.25) is 0 Å². The standard InChI is InChI=1S/C50H30F3N3/c51-50(52,53)48-45(55-43-20-9-7-18-39(43)41-24-22-35(29-46(41)55)33-13-3-1-4-14-33)27-26-38(37-17-11-12-32(28-37)31-54)49(48)56-44-21-10-8-19-40(44)42-25-23-36(30-47(42)56)34-15-5-2-6-16-34/h1-30H. The first-order chi connectivity index (χ1) is 27.4. The van der Waals surface area contributed by atoms with E-state index in [9.17, 15) is 5.26 Å². The molecule has 0 bridgehead atoms. The Kier molecular flexibility index (Phi) is 7.65. The van der Waals surface area contributed by atoms with E-state index < -0.39 is 11.7 Å². The molecule has 10 aromatic rings. The van der Waals surface area contributed by atoms with Crippen LogP contribution in [0, 0.1) is 11.3 Å². The Balaban J connectivity index is 1.39. The number of fused-ring (bicyclic) bond motifs is 6. The molecular weight excluding hydrogens is 700 g/mol. The molecule has 266 valence electrons. The van der Waals surface area contributed by atoms with Crippen LogP contribution < -0.4 is 0 Å². The summed E-state index contributed by atoms with van der Waals surface area (Å²) >= 11 is 0. The zero-order valence-corrected chi connectivity index (χ0v) is 29.8. The van der Waals surface area contributed by atoms with Crippen molar-refractivity contribution in [2.45, 2.75) is 6.18 Å². The summed E-state index contributed by atoms with van der Waals surface area (Å²) in [7, 11) is 0. The molecule has 0 amide bonds. The average molecular weight is 730 g/mol. The molecule has 0 fully saturated rings. The van der Waals surface area contributed by atoms with Crippen LogP contribution >= 0.6 is 0 Å². The minimum Gasteiger partial charge on any atom is -0.309 e. The lowest BCUT2D eigenvalue weighted by atomic mass is 9.96. The second-order valence-corrected chi connectivity index (χ2v) is 13.9. The molecule has 0 aliphatic rings. The molecule has 3 nitrogen and oxygen atoms in total.